The Morgan fingerprint density at radius 1 is 0.962 bits per heavy atom. The summed E-state index contributed by atoms with van der Waals surface area (Å²) in [6, 6.07) is 17.4. The lowest BCUT2D eigenvalue weighted by Crippen LogP contribution is -2.22. The van der Waals surface area contributed by atoms with Crippen LogP contribution in [0.2, 0.25) is 10.0 Å². The minimum Gasteiger partial charge on any atom is -0.455 e. The van der Waals surface area contributed by atoms with Gasteiger partial charge in [-0.05, 0) is 35.9 Å². The Kier molecular flexibility index (Phi) is 6.14. The van der Waals surface area contributed by atoms with Gasteiger partial charge in [-0.15, -0.1) is 0 Å². The maximum Gasteiger partial charge on any atom is 0.287 e. The summed E-state index contributed by atoms with van der Waals surface area (Å²) < 4.78 is 17.9. The Balaban J connectivity index is 1.62. The second-order valence-electron chi connectivity index (χ2n) is 5.46. The molecule has 0 aliphatic heterocycles. The van der Waals surface area contributed by atoms with Gasteiger partial charge in [-0.1, -0.05) is 53.5 Å². The van der Waals surface area contributed by atoms with Crippen LogP contribution in [0.5, 0.6) is 0 Å². The molecule has 134 valence electrons. The predicted molar refractivity (Wildman–Crippen MR) is 103 cm³/mol. The molecule has 1 amide bonds. The van der Waals surface area contributed by atoms with Crippen molar-refractivity contribution < 1.29 is 13.4 Å². The summed E-state index contributed by atoms with van der Waals surface area (Å²) in [5.74, 6) is 0.385. The summed E-state index contributed by atoms with van der Waals surface area (Å²) in [5, 5.41) is 3.78. The maximum atomic E-state index is 12.4. The van der Waals surface area contributed by atoms with Gasteiger partial charge in [0.1, 0.15) is 5.76 Å². The van der Waals surface area contributed by atoms with Crippen LogP contribution in [0.15, 0.2) is 70.0 Å². The summed E-state index contributed by atoms with van der Waals surface area (Å²) in [6.07, 6.45) is 0. The van der Waals surface area contributed by atoms with Crippen molar-refractivity contribution in [1.82, 2.24) is 5.32 Å². The molecule has 1 N–H and O–H groups in total. The zero-order valence-electron chi connectivity index (χ0n) is 13.6. The van der Waals surface area contributed by atoms with E-state index in [4.69, 9.17) is 27.6 Å². The summed E-state index contributed by atoms with van der Waals surface area (Å²) in [4.78, 5) is 12.7. The average molecular weight is 408 g/mol. The Morgan fingerprint density at radius 3 is 2.38 bits per heavy atom. The summed E-state index contributed by atoms with van der Waals surface area (Å²) in [5.41, 5.74) is 0.814. The van der Waals surface area contributed by atoms with Crippen LogP contribution in [-0.4, -0.2) is 10.1 Å². The first-order chi connectivity index (χ1) is 12.5. The van der Waals surface area contributed by atoms with Gasteiger partial charge in [0.05, 0.1) is 26.5 Å². The van der Waals surface area contributed by atoms with Gasteiger partial charge in [0.2, 0.25) is 0 Å². The van der Waals surface area contributed by atoms with E-state index in [0.717, 1.165) is 5.56 Å². The van der Waals surface area contributed by atoms with Crippen molar-refractivity contribution >= 4 is 39.9 Å². The van der Waals surface area contributed by atoms with Crippen molar-refractivity contribution in [1.29, 1.82) is 0 Å². The van der Waals surface area contributed by atoms with Crippen LogP contribution in [0.1, 0.15) is 21.9 Å². The summed E-state index contributed by atoms with van der Waals surface area (Å²) >= 11 is 12.1. The van der Waals surface area contributed by atoms with Crippen LogP contribution < -0.4 is 5.32 Å². The highest BCUT2D eigenvalue weighted by atomic mass is 35.5. The predicted octanol–water partition coefficient (Wildman–Crippen LogP) is 4.82. The number of benzene rings is 2. The molecule has 7 heteroatoms. The fourth-order valence-corrected chi connectivity index (χ4v) is 4.00. The molecule has 1 unspecified atom stereocenters. The first kappa shape index (κ1) is 18.7. The average Bonchev–Trinajstić information content (AvgIpc) is 3.09. The molecule has 0 aliphatic carbocycles. The van der Waals surface area contributed by atoms with Crippen molar-refractivity contribution in [3.05, 3.63) is 87.8 Å². The highest BCUT2D eigenvalue weighted by molar-refractivity contribution is 7.84. The Morgan fingerprint density at radius 2 is 1.65 bits per heavy atom. The van der Waals surface area contributed by atoms with Crippen molar-refractivity contribution in [2.24, 2.45) is 0 Å². The molecule has 0 saturated heterocycles. The van der Waals surface area contributed by atoms with Gasteiger partial charge in [0.25, 0.3) is 5.91 Å². The van der Waals surface area contributed by atoms with E-state index in [0.29, 0.717) is 27.2 Å². The number of amides is 1. The molecule has 26 heavy (non-hydrogen) atoms. The second kappa shape index (κ2) is 8.54. The third-order valence-corrected chi connectivity index (χ3v) is 5.84. The van der Waals surface area contributed by atoms with Gasteiger partial charge in [-0.3, -0.25) is 9.00 Å². The molecule has 4 nitrogen and oxygen atoms in total. The van der Waals surface area contributed by atoms with Crippen LogP contribution in [0.25, 0.3) is 0 Å². The monoisotopic (exact) mass is 407 g/mol. The van der Waals surface area contributed by atoms with Gasteiger partial charge >= 0.3 is 0 Å². The minimum absolute atomic E-state index is 0.140. The molecule has 0 saturated carbocycles. The molecule has 0 aliphatic rings. The molecule has 0 spiro atoms. The van der Waals surface area contributed by atoms with Crippen LogP contribution in [-0.2, 0) is 23.1 Å². The van der Waals surface area contributed by atoms with E-state index < -0.39 is 10.8 Å². The molecule has 3 rings (SSSR count). The zero-order valence-corrected chi connectivity index (χ0v) is 15.9. The molecular weight excluding hydrogens is 393 g/mol. The Hall–Kier alpha value is -2.08. The molecule has 3 aromatic rings. The summed E-state index contributed by atoms with van der Waals surface area (Å²) in [7, 11) is -1.36. The SMILES string of the molecule is O=C(NCc1ccccc1Cl)c1ccc(CS(=O)c2ccccc2Cl)o1. The van der Waals surface area contributed by atoms with Crippen LogP contribution >= 0.6 is 23.2 Å². The van der Waals surface area contributed by atoms with Gasteiger partial charge in [0, 0.05) is 11.6 Å². The largest absolute Gasteiger partial charge is 0.455 e. The van der Waals surface area contributed by atoms with E-state index in [-0.39, 0.29) is 17.4 Å². The fraction of sp³-hybridized carbons (Fsp3) is 0.105. The zero-order chi connectivity index (χ0) is 18.5. The van der Waals surface area contributed by atoms with Crippen molar-refractivity contribution in [2.75, 3.05) is 0 Å². The van der Waals surface area contributed by atoms with Crippen molar-refractivity contribution in [3.8, 4) is 0 Å². The van der Waals surface area contributed by atoms with E-state index in [2.05, 4.69) is 5.32 Å². The van der Waals surface area contributed by atoms with E-state index in [1.54, 1.807) is 42.5 Å². The first-order valence-corrected chi connectivity index (χ1v) is 9.85. The molecule has 0 radical (unpaired) electrons. The molecule has 1 heterocycles. The van der Waals surface area contributed by atoms with Gasteiger partial charge in [-0.2, -0.15) is 0 Å². The highest BCUT2D eigenvalue weighted by Gasteiger charge is 2.15. The van der Waals surface area contributed by atoms with E-state index in [1.165, 1.54) is 0 Å². The Bertz CT molecular complexity index is 955. The Labute approximate surface area is 163 Å². The number of hydrogen-bond donors (Lipinski definition) is 1. The lowest BCUT2D eigenvalue weighted by Gasteiger charge is -2.05. The minimum atomic E-state index is -1.36. The molecule has 0 bridgehead atoms. The van der Waals surface area contributed by atoms with Crippen LogP contribution in [0, 0.1) is 0 Å². The van der Waals surface area contributed by atoms with Crippen molar-refractivity contribution in [2.45, 2.75) is 17.2 Å². The second-order valence-corrected chi connectivity index (χ2v) is 7.69. The van der Waals surface area contributed by atoms with Gasteiger partial charge < -0.3 is 9.73 Å². The lowest BCUT2D eigenvalue weighted by molar-refractivity contribution is 0.0921. The molecule has 1 atom stereocenters. The number of carbonyl (C=O) groups excluding carboxylic acids is 1. The van der Waals surface area contributed by atoms with Crippen LogP contribution in [0.3, 0.4) is 0 Å². The number of carbonyl (C=O) groups is 1. The quantitative estimate of drug-likeness (QED) is 0.636. The number of rotatable bonds is 6. The van der Waals surface area contributed by atoms with Crippen molar-refractivity contribution in [3.63, 3.8) is 0 Å². The lowest BCUT2D eigenvalue weighted by atomic mass is 10.2. The summed E-state index contributed by atoms with van der Waals surface area (Å²) in [6.45, 7) is 0.292. The molecule has 2 aromatic carbocycles. The van der Waals surface area contributed by atoms with Gasteiger partial charge in [0.15, 0.2) is 5.76 Å². The highest BCUT2D eigenvalue weighted by Crippen LogP contribution is 2.22. The molecular formula is C19H15Cl2NO3S. The van der Waals surface area contributed by atoms with E-state index in [1.807, 2.05) is 18.2 Å². The smallest absolute Gasteiger partial charge is 0.287 e. The maximum absolute atomic E-state index is 12.4. The molecule has 1 aromatic heterocycles. The van der Waals surface area contributed by atoms with Crippen LogP contribution in [0.4, 0.5) is 0 Å². The number of furan rings is 1. The van der Waals surface area contributed by atoms with E-state index >= 15 is 0 Å². The third kappa shape index (κ3) is 4.55. The molecule has 0 fully saturated rings. The first-order valence-electron chi connectivity index (χ1n) is 7.78. The number of hydrogen-bond acceptors (Lipinski definition) is 3. The van der Waals surface area contributed by atoms with E-state index in [9.17, 15) is 9.00 Å². The standard InChI is InChI=1S/C19H15Cl2NO3S/c20-15-6-2-1-5-13(15)11-22-19(23)17-10-9-14(25-17)12-26(24)18-8-4-3-7-16(18)21/h1-10H,11-12H2,(H,22,23). The third-order valence-electron chi connectivity index (χ3n) is 3.64. The number of nitrogens with one attached hydrogen (secondary N) is 1. The van der Waals surface area contributed by atoms with Gasteiger partial charge in [-0.25, -0.2) is 0 Å². The fourth-order valence-electron chi connectivity index (χ4n) is 2.32. The topological polar surface area (TPSA) is 59.3 Å². The number of halogens is 2. The normalized spacial score (nSPS) is 11.9.